The zero-order valence-electron chi connectivity index (χ0n) is 19.0. The Hall–Kier alpha value is -2.52. The van der Waals surface area contributed by atoms with Crippen molar-refractivity contribution in [3.63, 3.8) is 0 Å². The molecule has 2 aromatic rings. The third-order valence-electron chi connectivity index (χ3n) is 5.71. The molecule has 2 aromatic heterocycles. The number of hydrogen-bond acceptors (Lipinski definition) is 7. The molecule has 0 aliphatic carbocycles. The lowest BCUT2D eigenvalue weighted by Crippen LogP contribution is -2.39. The van der Waals surface area contributed by atoms with Crippen LogP contribution in [0.1, 0.15) is 62.3 Å². The molecule has 3 rings (SSSR count). The number of nitrogens with zero attached hydrogens (tertiary/aromatic N) is 4. The fourth-order valence-corrected chi connectivity index (χ4v) is 3.89. The molecule has 1 aliphatic rings. The van der Waals surface area contributed by atoms with E-state index in [2.05, 4.69) is 10.00 Å². The van der Waals surface area contributed by atoms with E-state index in [9.17, 15) is 14.4 Å². The SMILES string of the molecule is CCOC(=O)Cn1c(C=O)c(CN(C)C2CCOCC2)c(=O)n2nc(C(C)(C)C)cc12. The van der Waals surface area contributed by atoms with Gasteiger partial charge in [-0.2, -0.15) is 9.61 Å². The monoisotopic (exact) mass is 432 g/mol. The number of carbonyl (C=O) groups is 2. The van der Waals surface area contributed by atoms with Crippen LogP contribution >= 0.6 is 0 Å². The van der Waals surface area contributed by atoms with Crippen LogP contribution in [-0.2, 0) is 32.8 Å². The first-order chi connectivity index (χ1) is 14.7. The summed E-state index contributed by atoms with van der Waals surface area (Å²) < 4.78 is 13.4. The second kappa shape index (κ2) is 9.32. The highest BCUT2D eigenvalue weighted by molar-refractivity contribution is 5.78. The molecular weight excluding hydrogens is 400 g/mol. The summed E-state index contributed by atoms with van der Waals surface area (Å²) in [6, 6.07) is 2.02. The summed E-state index contributed by atoms with van der Waals surface area (Å²) in [5, 5.41) is 4.53. The van der Waals surface area contributed by atoms with E-state index in [1.165, 1.54) is 4.52 Å². The van der Waals surface area contributed by atoms with Gasteiger partial charge in [0, 0.05) is 37.3 Å². The van der Waals surface area contributed by atoms with Gasteiger partial charge in [-0.25, -0.2) is 0 Å². The first-order valence-electron chi connectivity index (χ1n) is 10.7. The van der Waals surface area contributed by atoms with Gasteiger partial charge in [0.2, 0.25) is 0 Å². The Balaban J connectivity index is 2.15. The van der Waals surface area contributed by atoms with Gasteiger partial charge in [-0.05, 0) is 26.8 Å². The summed E-state index contributed by atoms with van der Waals surface area (Å²) in [4.78, 5) is 39.9. The lowest BCUT2D eigenvalue weighted by atomic mass is 9.93. The number of aromatic nitrogens is 3. The van der Waals surface area contributed by atoms with Gasteiger partial charge in [-0.3, -0.25) is 19.3 Å². The Bertz CT molecular complexity index is 1010. The summed E-state index contributed by atoms with van der Waals surface area (Å²) in [6.07, 6.45) is 2.38. The Labute approximate surface area is 181 Å². The van der Waals surface area contributed by atoms with Crippen LogP contribution in [0.3, 0.4) is 0 Å². The van der Waals surface area contributed by atoms with Gasteiger partial charge in [0.05, 0.1) is 23.6 Å². The molecule has 1 fully saturated rings. The molecule has 3 heterocycles. The van der Waals surface area contributed by atoms with Gasteiger partial charge in [-0.1, -0.05) is 20.8 Å². The second-order valence-electron chi connectivity index (χ2n) is 8.99. The van der Waals surface area contributed by atoms with Gasteiger partial charge < -0.3 is 14.0 Å². The van der Waals surface area contributed by atoms with Crippen LogP contribution in [0, 0.1) is 0 Å². The third-order valence-corrected chi connectivity index (χ3v) is 5.71. The van der Waals surface area contributed by atoms with Crippen molar-refractivity contribution in [2.24, 2.45) is 0 Å². The molecular formula is C22H32N4O5. The van der Waals surface area contributed by atoms with E-state index in [0.717, 1.165) is 12.8 Å². The van der Waals surface area contributed by atoms with E-state index in [1.54, 1.807) is 17.6 Å². The smallest absolute Gasteiger partial charge is 0.326 e. The minimum absolute atomic E-state index is 0.172. The molecule has 0 unspecified atom stereocenters. The average Bonchev–Trinajstić information content (AvgIpc) is 3.18. The molecule has 9 nitrogen and oxygen atoms in total. The quantitative estimate of drug-likeness (QED) is 0.486. The Morgan fingerprint density at radius 2 is 2.03 bits per heavy atom. The van der Waals surface area contributed by atoms with Crippen molar-refractivity contribution in [3.05, 3.63) is 33.4 Å². The highest BCUT2D eigenvalue weighted by Crippen LogP contribution is 2.23. The van der Waals surface area contributed by atoms with Gasteiger partial charge in [0.25, 0.3) is 5.56 Å². The van der Waals surface area contributed by atoms with E-state index in [4.69, 9.17) is 9.47 Å². The molecule has 1 saturated heterocycles. The van der Waals surface area contributed by atoms with Gasteiger partial charge >= 0.3 is 5.97 Å². The normalized spacial score (nSPS) is 15.5. The number of aldehydes is 1. The van der Waals surface area contributed by atoms with Crippen molar-refractivity contribution in [3.8, 4) is 0 Å². The largest absolute Gasteiger partial charge is 0.465 e. The molecule has 0 aromatic carbocycles. The summed E-state index contributed by atoms with van der Waals surface area (Å²) in [5.41, 5.74) is 0.970. The zero-order valence-corrected chi connectivity index (χ0v) is 19.0. The zero-order chi connectivity index (χ0) is 22.8. The van der Waals surface area contributed by atoms with Crippen molar-refractivity contribution in [2.75, 3.05) is 26.9 Å². The fourth-order valence-electron chi connectivity index (χ4n) is 3.89. The number of esters is 1. The second-order valence-corrected chi connectivity index (χ2v) is 8.99. The van der Waals surface area contributed by atoms with Crippen molar-refractivity contribution >= 4 is 17.9 Å². The minimum atomic E-state index is -0.474. The van der Waals surface area contributed by atoms with E-state index in [-0.39, 0.29) is 42.4 Å². The average molecular weight is 433 g/mol. The highest BCUT2D eigenvalue weighted by Gasteiger charge is 2.26. The number of rotatable bonds is 7. The first kappa shape index (κ1) is 23.1. The molecule has 0 radical (unpaired) electrons. The number of fused-ring (bicyclic) bond motifs is 1. The maximum absolute atomic E-state index is 13.4. The molecule has 1 aliphatic heterocycles. The predicted octanol–water partition coefficient (Wildman–Crippen LogP) is 1.78. The Morgan fingerprint density at radius 1 is 1.35 bits per heavy atom. The summed E-state index contributed by atoms with van der Waals surface area (Å²) >= 11 is 0. The number of carbonyl (C=O) groups excluding carboxylic acids is 2. The minimum Gasteiger partial charge on any atom is -0.465 e. The first-order valence-corrected chi connectivity index (χ1v) is 10.7. The summed E-state index contributed by atoms with van der Waals surface area (Å²) in [5.74, 6) is -0.474. The van der Waals surface area contributed by atoms with Crippen LogP contribution in [0.5, 0.6) is 0 Å². The van der Waals surface area contributed by atoms with E-state index >= 15 is 0 Å². The van der Waals surface area contributed by atoms with Gasteiger partial charge in [0.15, 0.2) is 6.29 Å². The maximum Gasteiger partial charge on any atom is 0.326 e. The highest BCUT2D eigenvalue weighted by atomic mass is 16.5. The third kappa shape index (κ3) is 4.88. The van der Waals surface area contributed by atoms with Crippen molar-refractivity contribution in [1.82, 2.24) is 19.1 Å². The Morgan fingerprint density at radius 3 is 2.61 bits per heavy atom. The molecule has 170 valence electrons. The molecule has 9 heteroatoms. The van der Waals surface area contributed by atoms with Crippen molar-refractivity contribution in [1.29, 1.82) is 0 Å². The van der Waals surface area contributed by atoms with Crippen molar-refractivity contribution < 1.29 is 19.1 Å². The molecule has 0 bridgehead atoms. The van der Waals surface area contributed by atoms with Gasteiger partial charge in [-0.15, -0.1) is 0 Å². The van der Waals surface area contributed by atoms with E-state index < -0.39 is 5.97 Å². The maximum atomic E-state index is 13.4. The molecule has 0 spiro atoms. The van der Waals surface area contributed by atoms with Crippen molar-refractivity contribution in [2.45, 2.75) is 65.1 Å². The molecule has 31 heavy (non-hydrogen) atoms. The van der Waals surface area contributed by atoms with E-state index in [0.29, 0.717) is 36.4 Å². The summed E-state index contributed by atoms with van der Waals surface area (Å²) in [6.45, 7) is 9.41. The molecule has 0 saturated carbocycles. The van der Waals surface area contributed by atoms with Crippen LogP contribution in [0.25, 0.3) is 5.65 Å². The van der Waals surface area contributed by atoms with Gasteiger partial charge in [0.1, 0.15) is 12.2 Å². The van der Waals surface area contributed by atoms with Crippen LogP contribution in [-0.4, -0.2) is 64.2 Å². The fraction of sp³-hybridized carbons (Fsp3) is 0.636. The number of ether oxygens (including phenoxy) is 2. The molecule has 0 N–H and O–H groups in total. The predicted molar refractivity (Wildman–Crippen MR) is 115 cm³/mol. The van der Waals surface area contributed by atoms with Crippen LogP contribution in [0.15, 0.2) is 10.9 Å². The standard InChI is InChI=1S/C22H32N4O5/c1-6-31-20(28)13-25-17(14-27)16(12-24(5)15-7-9-30-10-8-15)21(29)26-19(25)11-18(23-26)22(2,3)4/h11,14-15H,6-10,12-13H2,1-5H3. The lowest BCUT2D eigenvalue weighted by molar-refractivity contribution is -0.143. The van der Waals surface area contributed by atoms with Crippen LogP contribution < -0.4 is 5.56 Å². The molecule has 0 amide bonds. The Kier molecular flexibility index (Phi) is 6.96. The van der Waals surface area contributed by atoms with Crippen LogP contribution in [0.2, 0.25) is 0 Å². The van der Waals surface area contributed by atoms with Crippen LogP contribution in [0.4, 0.5) is 0 Å². The number of hydrogen-bond donors (Lipinski definition) is 0. The topological polar surface area (TPSA) is 95.1 Å². The lowest BCUT2D eigenvalue weighted by Gasteiger charge is -2.31. The summed E-state index contributed by atoms with van der Waals surface area (Å²) in [7, 11) is 1.94. The van der Waals surface area contributed by atoms with E-state index in [1.807, 2.05) is 27.8 Å². The molecule has 0 atom stereocenters.